The molecule has 3 rings (SSSR count). The molecule has 0 atom stereocenters. The van der Waals surface area contributed by atoms with E-state index in [4.69, 9.17) is 4.74 Å². The van der Waals surface area contributed by atoms with Crippen molar-refractivity contribution < 1.29 is 9.66 Å². The van der Waals surface area contributed by atoms with Crippen molar-refractivity contribution >= 4 is 28.7 Å². The van der Waals surface area contributed by atoms with E-state index in [-0.39, 0.29) is 17.3 Å². The minimum Gasteiger partial charge on any atom is -0.497 e. The van der Waals surface area contributed by atoms with Gasteiger partial charge in [-0.05, 0) is 24.3 Å². The van der Waals surface area contributed by atoms with E-state index in [0.717, 1.165) is 0 Å². The topological polar surface area (TPSA) is 115 Å². The van der Waals surface area contributed by atoms with Gasteiger partial charge in [-0.3, -0.25) is 15.1 Å². The van der Waals surface area contributed by atoms with Gasteiger partial charge in [0.1, 0.15) is 12.1 Å². The lowest BCUT2D eigenvalue weighted by molar-refractivity contribution is -0.383. The lowest BCUT2D eigenvalue weighted by Gasteiger charge is -2.10. The molecule has 3 aromatic rings. The Hall–Kier alpha value is -3.75. The van der Waals surface area contributed by atoms with Gasteiger partial charge in [0, 0.05) is 29.8 Å². The summed E-state index contributed by atoms with van der Waals surface area (Å²) in [5.41, 5.74) is 0.974. The summed E-state index contributed by atoms with van der Waals surface area (Å²) in [6.07, 6.45) is 4.40. The molecule has 0 radical (unpaired) electrons. The summed E-state index contributed by atoms with van der Waals surface area (Å²) >= 11 is 0. The highest BCUT2D eigenvalue weighted by Gasteiger charge is 2.23. The van der Waals surface area contributed by atoms with Crippen molar-refractivity contribution in [2.75, 3.05) is 17.7 Å². The summed E-state index contributed by atoms with van der Waals surface area (Å²) in [5, 5.41) is 17.4. The van der Waals surface area contributed by atoms with Crippen molar-refractivity contribution in [1.82, 2.24) is 15.0 Å². The molecule has 0 aliphatic rings. The summed E-state index contributed by atoms with van der Waals surface area (Å²) in [6, 6.07) is 10.4. The SMILES string of the molecule is COc1cccc(Nc2ncnc(Nc3ccncc3)c2[N+](=O)[O-])c1. The maximum atomic E-state index is 11.6. The van der Waals surface area contributed by atoms with Crippen LogP contribution in [0, 0.1) is 10.1 Å². The maximum Gasteiger partial charge on any atom is 0.353 e. The van der Waals surface area contributed by atoms with Gasteiger partial charge >= 0.3 is 5.69 Å². The highest BCUT2D eigenvalue weighted by atomic mass is 16.6. The largest absolute Gasteiger partial charge is 0.497 e. The number of ether oxygens (including phenoxy) is 1. The highest BCUT2D eigenvalue weighted by molar-refractivity contribution is 5.76. The molecule has 126 valence electrons. The number of pyridine rings is 1. The molecule has 1 aromatic carbocycles. The Kier molecular flexibility index (Phi) is 4.65. The van der Waals surface area contributed by atoms with Crippen molar-refractivity contribution in [3.05, 3.63) is 65.2 Å². The number of methoxy groups -OCH3 is 1. The minimum absolute atomic E-state index is 0.0739. The number of hydrogen-bond acceptors (Lipinski definition) is 8. The molecule has 0 bridgehead atoms. The molecule has 2 N–H and O–H groups in total. The smallest absolute Gasteiger partial charge is 0.353 e. The molecule has 9 nitrogen and oxygen atoms in total. The molecule has 25 heavy (non-hydrogen) atoms. The quantitative estimate of drug-likeness (QED) is 0.520. The van der Waals surface area contributed by atoms with Crippen molar-refractivity contribution in [2.45, 2.75) is 0 Å². The third-order valence-electron chi connectivity index (χ3n) is 3.28. The van der Waals surface area contributed by atoms with E-state index in [9.17, 15) is 10.1 Å². The first-order valence-electron chi connectivity index (χ1n) is 7.25. The molecule has 2 heterocycles. The van der Waals surface area contributed by atoms with E-state index in [1.807, 2.05) is 0 Å². The number of nitrogens with one attached hydrogen (secondary N) is 2. The summed E-state index contributed by atoms with van der Waals surface area (Å²) in [5.74, 6) is 0.776. The van der Waals surface area contributed by atoms with Crippen LogP contribution < -0.4 is 15.4 Å². The van der Waals surface area contributed by atoms with E-state index in [1.165, 1.54) is 6.33 Å². The first-order chi connectivity index (χ1) is 12.2. The summed E-state index contributed by atoms with van der Waals surface area (Å²) in [7, 11) is 1.54. The van der Waals surface area contributed by atoms with Crippen LogP contribution in [-0.2, 0) is 0 Å². The molecule has 9 heteroatoms. The van der Waals surface area contributed by atoms with Gasteiger partial charge < -0.3 is 15.4 Å². The summed E-state index contributed by atoms with van der Waals surface area (Å²) < 4.78 is 5.15. The number of aromatic nitrogens is 3. The van der Waals surface area contributed by atoms with Crippen LogP contribution in [0.5, 0.6) is 5.75 Å². The Morgan fingerprint density at radius 3 is 2.36 bits per heavy atom. The molecule has 0 amide bonds. The van der Waals surface area contributed by atoms with Crippen LogP contribution >= 0.6 is 0 Å². The fourth-order valence-corrected chi connectivity index (χ4v) is 2.14. The number of anilines is 4. The third kappa shape index (κ3) is 3.78. The zero-order chi connectivity index (χ0) is 17.6. The minimum atomic E-state index is -0.536. The average Bonchev–Trinajstić information content (AvgIpc) is 2.62. The Morgan fingerprint density at radius 1 is 1.04 bits per heavy atom. The van der Waals surface area contributed by atoms with Gasteiger partial charge in [-0.15, -0.1) is 0 Å². The average molecular weight is 338 g/mol. The molecule has 0 saturated heterocycles. The molecule has 0 aliphatic carbocycles. The first-order valence-corrected chi connectivity index (χ1v) is 7.25. The van der Waals surface area contributed by atoms with Gasteiger partial charge in [0.05, 0.1) is 12.0 Å². The van der Waals surface area contributed by atoms with E-state index < -0.39 is 4.92 Å². The Bertz CT molecular complexity index is 888. The van der Waals surface area contributed by atoms with Crippen LogP contribution in [-0.4, -0.2) is 27.0 Å². The zero-order valence-electron chi connectivity index (χ0n) is 13.2. The molecule has 0 unspecified atom stereocenters. The molecule has 0 fully saturated rings. The standard InChI is InChI=1S/C16H14N6O3/c1-25-13-4-2-3-12(9-13)21-16-14(22(23)24)15(18-10-19-16)20-11-5-7-17-8-6-11/h2-10H,1H3,(H2,17,18,19,20,21). The van der Waals surface area contributed by atoms with Crippen molar-refractivity contribution in [1.29, 1.82) is 0 Å². The Labute approximate surface area is 142 Å². The van der Waals surface area contributed by atoms with Crippen LogP contribution in [0.3, 0.4) is 0 Å². The van der Waals surface area contributed by atoms with Crippen LogP contribution in [0.25, 0.3) is 0 Å². The van der Waals surface area contributed by atoms with Gasteiger partial charge in [-0.2, -0.15) is 0 Å². The van der Waals surface area contributed by atoms with Crippen LogP contribution in [0.1, 0.15) is 0 Å². The monoisotopic (exact) mass is 338 g/mol. The summed E-state index contributed by atoms with van der Waals surface area (Å²) in [4.78, 5) is 22.9. The third-order valence-corrected chi connectivity index (χ3v) is 3.28. The predicted octanol–water partition coefficient (Wildman–Crippen LogP) is 3.28. The lowest BCUT2D eigenvalue weighted by atomic mass is 10.3. The first kappa shape index (κ1) is 16.1. The molecule has 0 aliphatic heterocycles. The van der Waals surface area contributed by atoms with E-state index in [0.29, 0.717) is 17.1 Å². The van der Waals surface area contributed by atoms with Crippen molar-refractivity contribution in [3.8, 4) is 5.75 Å². The fourth-order valence-electron chi connectivity index (χ4n) is 2.14. The second-order valence-electron chi connectivity index (χ2n) is 4.89. The summed E-state index contributed by atoms with van der Waals surface area (Å²) in [6.45, 7) is 0. The van der Waals surface area contributed by atoms with Gasteiger partial charge in [0.2, 0.25) is 11.6 Å². The van der Waals surface area contributed by atoms with E-state index in [2.05, 4.69) is 25.6 Å². The Morgan fingerprint density at radius 2 is 1.72 bits per heavy atom. The van der Waals surface area contributed by atoms with Gasteiger partial charge in [-0.1, -0.05) is 6.07 Å². The lowest BCUT2D eigenvalue weighted by Crippen LogP contribution is -2.05. The van der Waals surface area contributed by atoms with Crippen molar-refractivity contribution in [2.24, 2.45) is 0 Å². The van der Waals surface area contributed by atoms with Gasteiger partial charge in [-0.25, -0.2) is 9.97 Å². The number of nitrogens with zero attached hydrogens (tertiary/aromatic N) is 4. The molecular weight excluding hydrogens is 324 g/mol. The second-order valence-corrected chi connectivity index (χ2v) is 4.89. The maximum absolute atomic E-state index is 11.6. The van der Waals surface area contributed by atoms with Crippen LogP contribution in [0.4, 0.5) is 28.7 Å². The fraction of sp³-hybridized carbons (Fsp3) is 0.0625. The van der Waals surface area contributed by atoms with Crippen molar-refractivity contribution in [3.63, 3.8) is 0 Å². The number of rotatable bonds is 6. The van der Waals surface area contributed by atoms with E-state index in [1.54, 1.807) is 55.9 Å². The van der Waals surface area contributed by atoms with Crippen LogP contribution in [0.15, 0.2) is 55.1 Å². The molecule has 2 aromatic heterocycles. The second kappa shape index (κ2) is 7.21. The van der Waals surface area contributed by atoms with Gasteiger partial charge in [0.25, 0.3) is 0 Å². The highest BCUT2D eigenvalue weighted by Crippen LogP contribution is 2.33. The normalized spacial score (nSPS) is 10.1. The Balaban J connectivity index is 1.96. The van der Waals surface area contributed by atoms with E-state index >= 15 is 0 Å². The molecule has 0 spiro atoms. The number of nitro groups is 1. The van der Waals surface area contributed by atoms with Crippen LogP contribution in [0.2, 0.25) is 0 Å². The zero-order valence-corrected chi connectivity index (χ0v) is 13.2. The number of benzene rings is 1. The molecule has 0 saturated carbocycles. The predicted molar refractivity (Wildman–Crippen MR) is 92.5 cm³/mol. The number of hydrogen-bond donors (Lipinski definition) is 2. The van der Waals surface area contributed by atoms with Gasteiger partial charge in [0.15, 0.2) is 0 Å². The molecular formula is C16H14N6O3.